The maximum absolute atomic E-state index is 13.5. The minimum Gasteiger partial charge on any atom is -0.339 e. The van der Waals surface area contributed by atoms with Gasteiger partial charge in [0.2, 0.25) is 5.91 Å². The number of amides is 3. The highest BCUT2D eigenvalue weighted by Gasteiger charge is 2.33. The third kappa shape index (κ3) is 7.89. The van der Waals surface area contributed by atoms with Crippen LogP contribution in [0.5, 0.6) is 0 Å². The molecule has 0 radical (unpaired) electrons. The number of carbonyl (C=O) groups excluding carboxylic acids is 2. The fourth-order valence-electron chi connectivity index (χ4n) is 7.12. The van der Waals surface area contributed by atoms with Crippen LogP contribution in [0.3, 0.4) is 0 Å². The topological polar surface area (TPSA) is 80.8 Å². The second-order valence-electron chi connectivity index (χ2n) is 11.9. The Bertz CT molecular complexity index is 901. The Morgan fingerprint density at radius 1 is 1.00 bits per heavy atom. The molecule has 10 heteroatoms. The van der Waals surface area contributed by atoms with Crippen molar-refractivity contribution < 1.29 is 9.59 Å². The molecule has 2 saturated heterocycles. The highest BCUT2D eigenvalue weighted by molar-refractivity contribution is 8.01. The first kappa shape index (κ1) is 29.1. The van der Waals surface area contributed by atoms with E-state index < -0.39 is 0 Å². The van der Waals surface area contributed by atoms with Crippen LogP contribution >= 0.6 is 23.1 Å². The van der Waals surface area contributed by atoms with Crippen LogP contribution in [0.1, 0.15) is 84.0 Å². The number of piperazine rings is 1. The summed E-state index contributed by atoms with van der Waals surface area (Å²) < 4.78 is 0.985. The average molecular weight is 577 g/mol. The van der Waals surface area contributed by atoms with Crippen molar-refractivity contribution in [2.24, 2.45) is 5.92 Å². The van der Waals surface area contributed by atoms with Gasteiger partial charge in [0.25, 0.3) is 0 Å². The molecule has 1 unspecified atom stereocenters. The normalized spacial score (nSPS) is 23.5. The van der Waals surface area contributed by atoms with Gasteiger partial charge in [-0.15, -0.1) is 11.8 Å². The number of nitrogens with zero attached hydrogens (tertiary/aromatic N) is 4. The van der Waals surface area contributed by atoms with E-state index in [0.717, 1.165) is 75.1 Å². The quantitative estimate of drug-likeness (QED) is 0.411. The fourth-order valence-corrected chi connectivity index (χ4v) is 8.88. The number of urea groups is 1. The summed E-state index contributed by atoms with van der Waals surface area (Å²) in [5, 5.41) is 7.24. The number of carbonyl (C=O) groups is 2. The monoisotopic (exact) mass is 576 g/mol. The number of hydrogen-bond donors (Lipinski definition) is 2. The van der Waals surface area contributed by atoms with Crippen LogP contribution in [0.2, 0.25) is 0 Å². The summed E-state index contributed by atoms with van der Waals surface area (Å²) in [5.74, 6) is 1.40. The van der Waals surface area contributed by atoms with E-state index in [1.165, 1.54) is 62.7 Å². The Balaban J connectivity index is 1.08. The molecule has 1 atom stereocenters. The van der Waals surface area contributed by atoms with Gasteiger partial charge in [-0.2, -0.15) is 0 Å². The van der Waals surface area contributed by atoms with E-state index in [9.17, 15) is 9.59 Å². The number of piperidine rings is 1. The molecule has 39 heavy (non-hydrogen) atoms. The van der Waals surface area contributed by atoms with Crippen LogP contribution in [0.4, 0.5) is 9.93 Å². The Morgan fingerprint density at radius 2 is 1.62 bits per heavy atom. The zero-order valence-electron chi connectivity index (χ0n) is 23.7. The van der Waals surface area contributed by atoms with Crippen LogP contribution in [0.25, 0.3) is 0 Å². The van der Waals surface area contributed by atoms with Gasteiger partial charge in [0.1, 0.15) is 0 Å². The molecule has 1 aromatic heterocycles. The first-order chi connectivity index (χ1) is 19.1. The van der Waals surface area contributed by atoms with Crippen molar-refractivity contribution in [2.45, 2.75) is 106 Å². The molecule has 8 nitrogen and oxygen atoms in total. The predicted octanol–water partition coefficient (Wildman–Crippen LogP) is 5.27. The van der Waals surface area contributed by atoms with Crippen molar-refractivity contribution in [2.75, 3.05) is 50.3 Å². The standard InChI is InChI=1S/C29H48N6O2S2/c1-22(23-12-14-30-15-13-23)33-16-18-34(19-17-33)26(36)21-38-27-20-31-28(39-27)32-29(37)35(24-8-4-2-5-9-24)25-10-6-3-7-11-25/h20,22-25,30H,2-19,21H2,1H3,(H,31,32,37). The maximum atomic E-state index is 13.5. The Kier molecular flexibility index (Phi) is 10.8. The zero-order valence-corrected chi connectivity index (χ0v) is 25.4. The highest BCUT2D eigenvalue weighted by atomic mass is 32.2. The molecule has 3 amide bonds. The molecule has 1 aromatic rings. The average Bonchev–Trinajstić information content (AvgIpc) is 3.44. The van der Waals surface area contributed by atoms with Gasteiger partial charge in [0.05, 0.1) is 16.2 Å². The van der Waals surface area contributed by atoms with Gasteiger partial charge in [-0.25, -0.2) is 9.78 Å². The molecule has 218 valence electrons. The summed E-state index contributed by atoms with van der Waals surface area (Å²) in [6.07, 6.45) is 16.3. The number of rotatable bonds is 8. The van der Waals surface area contributed by atoms with Gasteiger partial charge in [0.15, 0.2) is 5.13 Å². The SMILES string of the molecule is CC(C1CCNCC1)N1CCN(C(=O)CSc2cnc(NC(=O)N(C3CCCCC3)C3CCCCC3)s2)CC1. The van der Waals surface area contributed by atoms with Crippen LogP contribution in [0.15, 0.2) is 10.4 Å². The van der Waals surface area contributed by atoms with E-state index in [1.807, 2.05) is 11.1 Å². The molecule has 0 aromatic carbocycles. The minimum atomic E-state index is 0.0207. The number of nitrogens with one attached hydrogen (secondary N) is 2. The van der Waals surface area contributed by atoms with Crippen LogP contribution in [-0.4, -0.2) is 94.8 Å². The second-order valence-corrected chi connectivity index (χ2v) is 14.2. The van der Waals surface area contributed by atoms with Gasteiger partial charge >= 0.3 is 6.03 Å². The molecule has 0 spiro atoms. The van der Waals surface area contributed by atoms with Crippen molar-refractivity contribution in [3.8, 4) is 0 Å². The van der Waals surface area contributed by atoms with E-state index in [1.54, 1.807) is 11.8 Å². The van der Waals surface area contributed by atoms with Gasteiger partial charge in [-0.3, -0.25) is 15.0 Å². The molecular formula is C29H48N6O2S2. The molecule has 3 heterocycles. The van der Waals surface area contributed by atoms with Crippen molar-refractivity contribution in [3.63, 3.8) is 0 Å². The van der Waals surface area contributed by atoms with E-state index in [0.29, 0.717) is 29.0 Å². The van der Waals surface area contributed by atoms with Crippen molar-refractivity contribution >= 4 is 40.2 Å². The summed E-state index contributed by atoms with van der Waals surface area (Å²) >= 11 is 3.03. The summed E-state index contributed by atoms with van der Waals surface area (Å²) in [4.78, 5) is 37.7. The molecule has 4 aliphatic rings. The minimum absolute atomic E-state index is 0.0207. The smallest absolute Gasteiger partial charge is 0.324 e. The molecular weight excluding hydrogens is 528 g/mol. The summed E-state index contributed by atoms with van der Waals surface area (Å²) in [6, 6.07) is 1.33. The molecule has 2 aliphatic heterocycles. The van der Waals surface area contributed by atoms with Crippen molar-refractivity contribution in [3.05, 3.63) is 6.20 Å². The van der Waals surface area contributed by atoms with Gasteiger partial charge < -0.3 is 15.1 Å². The zero-order chi connectivity index (χ0) is 27.0. The van der Waals surface area contributed by atoms with E-state index in [2.05, 4.69) is 32.3 Å². The predicted molar refractivity (Wildman–Crippen MR) is 161 cm³/mol. The second kappa shape index (κ2) is 14.5. The van der Waals surface area contributed by atoms with Gasteiger partial charge in [-0.1, -0.05) is 49.9 Å². The Labute approximate surface area is 243 Å². The Hall–Kier alpha value is -1.36. The molecule has 0 bridgehead atoms. The summed E-state index contributed by atoms with van der Waals surface area (Å²) in [6.45, 7) is 8.20. The van der Waals surface area contributed by atoms with E-state index in [-0.39, 0.29) is 11.9 Å². The number of aromatic nitrogens is 1. The van der Waals surface area contributed by atoms with Crippen molar-refractivity contribution in [1.29, 1.82) is 0 Å². The van der Waals surface area contributed by atoms with Crippen molar-refractivity contribution in [1.82, 2.24) is 25.0 Å². The lowest BCUT2D eigenvalue weighted by Crippen LogP contribution is -2.54. The number of hydrogen-bond acceptors (Lipinski definition) is 7. The van der Waals surface area contributed by atoms with E-state index in [4.69, 9.17) is 0 Å². The molecule has 2 N–H and O–H groups in total. The van der Waals surface area contributed by atoms with Gasteiger partial charge in [0, 0.05) is 44.3 Å². The van der Waals surface area contributed by atoms with E-state index >= 15 is 0 Å². The maximum Gasteiger partial charge on any atom is 0.324 e. The Morgan fingerprint density at radius 3 is 2.23 bits per heavy atom. The molecule has 4 fully saturated rings. The van der Waals surface area contributed by atoms with Gasteiger partial charge in [-0.05, 0) is 64.5 Å². The lowest BCUT2D eigenvalue weighted by Gasteiger charge is -2.42. The molecule has 5 rings (SSSR count). The third-order valence-electron chi connectivity index (χ3n) is 9.52. The van der Waals surface area contributed by atoms with Crippen LogP contribution in [-0.2, 0) is 4.79 Å². The lowest BCUT2D eigenvalue weighted by atomic mass is 9.89. The summed E-state index contributed by atoms with van der Waals surface area (Å²) in [7, 11) is 0. The lowest BCUT2D eigenvalue weighted by molar-refractivity contribution is -0.130. The first-order valence-corrected chi connectivity index (χ1v) is 17.3. The highest BCUT2D eigenvalue weighted by Crippen LogP contribution is 2.33. The fraction of sp³-hybridized carbons (Fsp3) is 0.828. The largest absolute Gasteiger partial charge is 0.339 e. The third-order valence-corrected chi connectivity index (χ3v) is 11.6. The van der Waals surface area contributed by atoms with Crippen LogP contribution in [0, 0.1) is 5.92 Å². The first-order valence-electron chi connectivity index (χ1n) is 15.5. The number of thiazole rings is 1. The summed E-state index contributed by atoms with van der Waals surface area (Å²) in [5.41, 5.74) is 0. The molecule has 2 saturated carbocycles. The van der Waals surface area contributed by atoms with Crippen LogP contribution < -0.4 is 10.6 Å². The number of anilines is 1. The number of thioether (sulfide) groups is 1. The molecule has 2 aliphatic carbocycles.